The molecule has 1 N–H and O–H groups in total. The number of aromatic nitrogens is 2. The maximum Gasteiger partial charge on any atom is 0.0597 e. The summed E-state index contributed by atoms with van der Waals surface area (Å²) in [6.07, 6.45) is 1.23. The highest BCUT2D eigenvalue weighted by atomic mass is 32.2. The van der Waals surface area contributed by atoms with Gasteiger partial charge in [0.1, 0.15) is 0 Å². The van der Waals surface area contributed by atoms with Crippen molar-refractivity contribution in [3.8, 4) is 0 Å². The first-order chi connectivity index (χ1) is 8.17. The number of hydrogen-bond acceptors (Lipinski definition) is 3. The molecule has 0 saturated carbocycles. The standard InChI is InChI=1S/C13H25N3S/c1-5-16-13(9-12(4)15-16)10-14-11(3)7-8-17-6-2/h9,11,14H,5-8,10H2,1-4H3. The van der Waals surface area contributed by atoms with Gasteiger partial charge in [0.05, 0.1) is 11.4 Å². The van der Waals surface area contributed by atoms with Gasteiger partial charge < -0.3 is 5.32 Å². The monoisotopic (exact) mass is 255 g/mol. The molecule has 0 radical (unpaired) electrons. The number of aryl methyl sites for hydroxylation is 2. The summed E-state index contributed by atoms with van der Waals surface area (Å²) in [5, 5.41) is 8.03. The SMILES string of the molecule is CCSCCC(C)NCc1cc(C)nn1CC. The third-order valence-corrected chi connectivity index (χ3v) is 3.75. The van der Waals surface area contributed by atoms with Crippen LogP contribution in [0.1, 0.15) is 38.6 Å². The smallest absolute Gasteiger partial charge is 0.0597 e. The van der Waals surface area contributed by atoms with E-state index in [9.17, 15) is 0 Å². The van der Waals surface area contributed by atoms with E-state index < -0.39 is 0 Å². The molecule has 1 heterocycles. The van der Waals surface area contributed by atoms with Crippen LogP contribution in [0.4, 0.5) is 0 Å². The highest BCUT2D eigenvalue weighted by molar-refractivity contribution is 7.99. The van der Waals surface area contributed by atoms with E-state index in [0.29, 0.717) is 6.04 Å². The van der Waals surface area contributed by atoms with Crippen LogP contribution in [0.5, 0.6) is 0 Å². The molecular weight excluding hydrogens is 230 g/mol. The molecule has 98 valence electrons. The van der Waals surface area contributed by atoms with Crippen LogP contribution in [0, 0.1) is 6.92 Å². The second-order valence-electron chi connectivity index (χ2n) is 4.36. The first kappa shape index (κ1) is 14.6. The Kier molecular flexibility index (Phi) is 6.66. The second kappa shape index (κ2) is 7.77. The molecule has 0 aliphatic heterocycles. The fraction of sp³-hybridized carbons (Fsp3) is 0.769. The van der Waals surface area contributed by atoms with Gasteiger partial charge in [-0.1, -0.05) is 6.92 Å². The minimum absolute atomic E-state index is 0.578. The summed E-state index contributed by atoms with van der Waals surface area (Å²) in [5.74, 6) is 2.46. The number of nitrogens with one attached hydrogen (secondary N) is 1. The molecule has 0 aliphatic carbocycles. The van der Waals surface area contributed by atoms with E-state index >= 15 is 0 Å². The fourth-order valence-electron chi connectivity index (χ4n) is 1.80. The molecule has 0 amide bonds. The first-order valence-electron chi connectivity index (χ1n) is 6.51. The van der Waals surface area contributed by atoms with E-state index in [1.54, 1.807) is 0 Å². The molecule has 1 aromatic heterocycles. The van der Waals surface area contributed by atoms with Crippen LogP contribution in [0.25, 0.3) is 0 Å². The Balaban J connectivity index is 2.33. The van der Waals surface area contributed by atoms with E-state index in [1.165, 1.54) is 23.6 Å². The topological polar surface area (TPSA) is 29.9 Å². The molecule has 0 bridgehead atoms. The lowest BCUT2D eigenvalue weighted by Crippen LogP contribution is -2.27. The lowest BCUT2D eigenvalue weighted by Gasteiger charge is -2.13. The Morgan fingerprint density at radius 2 is 2.24 bits per heavy atom. The van der Waals surface area contributed by atoms with Gasteiger partial charge in [-0.05, 0) is 44.8 Å². The van der Waals surface area contributed by atoms with E-state index in [2.05, 4.69) is 48.9 Å². The zero-order chi connectivity index (χ0) is 12.7. The Morgan fingerprint density at radius 1 is 1.47 bits per heavy atom. The summed E-state index contributed by atoms with van der Waals surface area (Å²) in [6, 6.07) is 2.75. The Morgan fingerprint density at radius 3 is 2.88 bits per heavy atom. The van der Waals surface area contributed by atoms with Crippen LogP contribution in [0.15, 0.2) is 6.07 Å². The average molecular weight is 255 g/mol. The zero-order valence-corrected chi connectivity index (χ0v) is 12.3. The molecule has 1 atom stereocenters. The fourth-order valence-corrected chi connectivity index (χ4v) is 2.61. The number of thioether (sulfide) groups is 1. The molecule has 1 aromatic rings. The van der Waals surface area contributed by atoms with Gasteiger partial charge in [-0.2, -0.15) is 16.9 Å². The van der Waals surface area contributed by atoms with Gasteiger partial charge in [0.15, 0.2) is 0 Å². The van der Waals surface area contributed by atoms with Crippen LogP contribution in [-0.4, -0.2) is 27.3 Å². The Labute approximate surface area is 109 Å². The van der Waals surface area contributed by atoms with E-state index in [1.807, 2.05) is 11.8 Å². The van der Waals surface area contributed by atoms with Gasteiger partial charge in [0.2, 0.25) is 0 Å². The van der Waals surface area contributed by atoms with Crippen molar-refractivity contribution in [2.24, 2.45) is 0 Å². The summed E-state index contributed by atoms with van der Waals surface area (Å²) in [5.41, 5.74) is 2.40. The van der Waals surface area contributed by atoms with Crippen molar-refractivity contribution >= 4 is 11.8 Å². The summed E-state index contributed by atoms with van der Waals surface area (Å²) < 4.78 is 2.08. The van der Waals surface area contributed by atoms with Crippen molar-refractivity contribution in [3.63, 3.8) is 0 Å². The van der Waals surface area contributed by atoms with Crippen molar-refractivity contribution in [3.05, 3.63) is 17.5 Å². The summed E-state index contributed by atoms with van der Waals surface area (Å²) in [7, 11) is 0. The highest BCUT2D eigenvalue weighted by Gasteiger charge is 2.06. The summed E-state index contributed by atoms with van der Waals surface area (Å²) in [6.45, 7) is 10.5. The average Bonchev–Trinajstić information content (AvgIpc) is 2.67. The van der Waals surface area contributed by atoms with Crippen LogP contribution < -0.4 is 5.32 Å². The molecule has 0 saturated heterocycles. The van der Waals surface area contributed by atoms with E-state index in [-0.39, 0.29) is 0 Å². The minimum atomic E-state index is 0.578. The van der Waals surface area contributed by atoms with Crippen LogP contribution >= 0.6 is 11.8 Å². The van der Waals surface area contributed by atoms with E-state index in [4.69, 9.17) is 0 Å². The van der Waals surface area contributed by atoms with Crippen molar-refractivity contribution in [1.29, 1.82) is 0 Å². The molecule has 17 heavy (non-hydrogen) atoms. The van der Waals surface area contributed by atoms with Gasteiger partial charge in [0, 0.05) is 19.1 Å². The largest absolute Gasteiger partial charge is 0.309 e. The van der Waals surface area contributed by atoms with Gasteiger partial charge in [-0.3, -0.25) is 4.68 Å². The van der Waals surface area contributed by atoms with Gasteiger partial charge in [-0.25, -0.2) is 0 Å². The molecule has 0 fully saturated rings. The maximum absolute atomic E-state index is 4.46. The highest BCUT2D eigenvalue weighted by Crippen LogP contribution is 2.06. The Bertz CT molecular complexity index is 322. The molecule has 0 aromatic carbocycles. The van der Waals surface area contributed by atoms with Crippen LogP contribution in [0.3, 0.4) is 0 Å². The molecular formula is C13H25N3S. The normalized spacial score (nSPS) is 12.9. The summed E-state index contributed by atoms with van der Waals surface area (Å²) in [4.78, 5) is 0. The van der Waals surface area contributed by atoms with Crippen molar-refractivity contribution in [2.75, 3.05) is 11.5 Å². The van der Waals surface area contributed by atoms with Gasteiger partial charge in [0.25, 0.3) is 0 Å². The minimum Gasteiger partial charge on any atom is -0.309 e. The molecule has 3 nitrogen and oxygen atoms in total. The predicted octanol–water partition coefficient (Wildman–Crippen LogP) is 2.83. The second-order valence-corrected chi connectivity index (χ2v) is 5.75. The maximum atomic E-state index is 4.46. The van der Waals surface area contributed by atoms with Crippen molar-refractivity contribution in [1.82, 2.24) is 15.1 Å². The van der Waals surface area contributed by atoms with Crippen LogP contribution in [0.2, 0.25) is 0 Å². The molecule has 4 heteroatoms. The lowest BCUT2D eigenvalue weighted by molar-refractivity contribution is 0.508. The molecule has 0 aliphatic rings. The van der Waals surface area contributed by atoms with Crippen molar-refractivity contribution < 1.29 is 0 Å². The number of rotatable bonds is 8. The van der Waals surface area contributed by atoms with Gasteiger partial charge >= 0.3 is 0 Å². The third-order valence-electron chi connectivity index (χ3n) is 2.82. The molecule has 0 spiro atoms. The number of hydrogen-bond donors (Lipinski definition) is 1. The van der Waals surface area contributed by atoms with Crippen molar-refractivity contribution in [2.45, 2.75) is 53.2 Å². The first-order valence-corrected chi connectivity index (χ1v) is 7.67. The van der Waals surface area contributed by atoms with E-state index in [0.717, 1.165) is 18.8 Å². The zero-order valence-electron chi connectivity index (χ0n) is 11.5. The third kappa shape index (κ3) is 5.13. The molecule has 1 unspecified atom stereocenters. The quantitative estimate of drug-likeness (QED) is 0.724. The van der Waals surface area contributed by atoms with Crippen LogP contribution in [-0.2, 0) is 13.1 Å². The predicted molar refractivity (Wildman–Crippen MR) is 76.6 cm³/mol. The summed E-state index contributed by atoms with van der Waals surface area (Å²) >= 11 is 2.01. The lowest BCUT2D eigenvalue weighted by atomic mass is 10.2. The Hall–Kier alpha value is -0.480. The molecule has 1 rings (SSSR count). The number of nitrogens with zero attached hydrogens (tertiary/aromatic N) is 2. The van der Waals surface area contributed by atoms with Gasteiger partial charge in [-0.15, -0.1) is 0 Å².